The van der Waals surface area contributed by atoms with Crippen molar-refractivity contribution in [3.8, 4) is 0 Å². The van der Waals surface area contributed by atoms with E-state index in [1.165, 1.54) is 5.56 Å². The molecule has 0 aliphatic heterocycles. The van der Waals surface area contributed by atoms with Crippen LogP contribution in [0.3, 0.4) is 0 Å². The van der Waals surface area contributed by atoms with Gasteiger partial charge in [0, 0.05) is 42.1 Å². The lowest BCUT2D eigenvalue weighted by atomic mass is 9.91. The van der Waals surface area contributed by atoms with Crippen LogP contribution in [0.1, 0.15) is 29.3 Å². The monoisotopic (exact) mass is 289 g/mol. The molecule has 3 heterocycles. The van der Waals surface area contributed by atoms with E-state index in [0.717, 1.165) is 30.7 Å². The topological polar surface area (TPSA) is 38.7 Å². The summed E-state index contributed by atoms with van der Waals surface area (Å²) in [6.45, 7) is 0. The highest BCUT2D eigenvalue weighted by atomic mass is 14.7. The highest BCUT2D eigenvalue weighted by Gasteiger charge is 2.14. The van der Waals surface area contributed by atoms with Crippen molar-refractivity contribution in [1.82, 2.24) is 15.0 Å². The molecule has 1 unspecified atom stereocenters. The van der Waals surface area contributed by atoms with Crippen LogP contribution in [0.15, 0.2) is 73.3 Å². The lowest BCUT2D eigenvalue weighted by Crippen LogP contribution is -2.07. The van der Waals surface area contributed by atoms with Crippen LogP contribution in [0.5, 0.6) is 0 Å². The van der Waals surface area contributed by atoms with Crippen LogP contribution in [0, 0.1) is 0 Å². The van der Waals surface area contributed by atoms with Crippen LogP contribution in [-0.4, -0.2) is 15.0 Å². The van der Waals surface area contributed by atoms with Crippen molar-refractivity contribution in [3.63, 3.8) is 0 Å². The lowest BCUT2D eigenvalue weighted by Gasteiger charge is -2.16. The van der Waals surface area contributed by atoms with Crippen molar-refractivity contribution in [2.45, 2.75) is 25.2 Å². The first-order valence-corrected chi connectivity index (χ1v) is 7.61. The van der Waals surface area contributed by atoms with Crippen molar-refractivity contribution in [1.29, 1.82) is 0 Å². The van der Waals surface area contributed by atoms with Gasteiger partial charge in [-0.05, 0) is 55.2 Å². The molecule has 3 rings (SSSR count). The second-order valence-electron chi connectivity index (χ2n) is 5.38. The molecule has 3 aromatic rings. The number of rotatable bonds is 6. The zero-order valence-corrected chi connectivity index (χ0v) is 12.5. The van der Waals surface area contributed by atoms with Gasteiger partial charge in [0.05, 0.1) is 0 Å². The summed E-state index contributed by atoms with van der Waals surface area (Å²) in [5.41, 5.74) is 3.52. The smallest absolute Gasteiger partial charge is 0.0437 e. The molecule has 0 amide bonds. The molecule has 1 atom stereocenters. The van der Waals surface area contributed by atoms with E-state index < -0.39 is 0 Å². The first kappa shape index (κ1) is 14.4. The number of aromatic nitrogens is 3. The quantitative estimate of drug-likeness (QED) is 0.692. The van der Waals surface area contributed by atoms with E-state index in [1.54, 1.807) is 0 Å². The normalized spacial score (nSPS) is 12.0. The molecule has 3 aromatic heterocycles. The molecule has 0 N–H and O–H groups in total. The Morgan fingerprint density at radius 3 is 2.36 bits per heavy atom. The number of nitrogens with zero attached hydrogens (tertiary/aromatic N) is 3. The molecule has 3 heteroatoms. The third-order valence-corrected chi connectivity index (χ3v) is 3.79. The maximum atomic E-state index is 4.55. The standard InChI is InChI=1S/C19H19N3/c1-3-12-21-18(7-1)10-9-17(19-8-2-4-13-22-19)14-16-6-5-11-20-15-16/h1-8,11-13,15,17H,9-10,14H2. The van der Waals surface area contributed by atoms with Gasteiger partial charge in [0.25, 0.3) is 0 Å². The predicted molar refractivity (Wildman–Crippen MR) is 87.5 cm³/mol. The maximum Gasteiger partial charge on any atom is 0.0437 e. The maximum absolute atomic E-state index is 4.55. The van der Waals surface area contributed by atoms with Crippen molar-refractivity contribution in [3.05, 3.63) is 90.3 Å². The first-order valence-electron chi connectivity index (χ1n) is 7.61. The third kappa shape index (κ3) is 3.98. The number of aryl methyl sites for hydroxylation is 1. The van der Waals surface area contributed by atoms with E-state index in [0.29, 0.717) is 5.92 Å². The second-order valence-corrected chi connectivity index (χ2v) is 5.38. The summed E-state index contributed by atoms with van der Waals surface area (Å²) in [5, 5.41) is 0. The zero-order valence-electron chi connectivity index (χ0n) is 12.5. The highest BCUT2D eigenvalue weighted by Crippen LogP contribution is 2.24. The third-order valence-electron chi connectivity index (χ3n) is 3.79. The molecule has 110 valence electrons. The van der Waals surface area contributed by atoms with Gasteiger partial charge in [-0.25, -0.2) is 0 Å². The van der Waals surface area contributed by atoms with Crippen molar-refractivity contribution in [2.24, 2.45) is 0 Å². The minimum atomic E-state index is 0.382. The molecule has 0 fully saturated rings. The van der Waals surface area contributed by atoms with E-state index in [2.05, 4.69) is 39.2 Å². The molecule has 0 aliphatic rings. The largest absolute Gasteiger partial charge is 0.264 e. The van der Waals surface area contributed by atoms with Gasteiger partial charge in [0.1, 0.15) is 0 Å². The number of hydrogen-bond acceptors (Lipinski definition) is 3. The molecule has 0 saturated carbocycles. The van der Waals surface area contributed by atoms with Crippen LogP contribution in [0.2, 0.25) is 0 Å². The fourth-order valence-electron chi connectivity index (χ4n) is 2.64. The van der Waals surface area contributed by atoms with Crippen LogP contribution < -0.4 is 0 Å². The van der Waals surface area contributed by atoms with E-state index in [9.17, 15) is 0 Å². The fourth-order valence-corrected chi connectivity index (χ4v) is 2.64. The van der Waals surface area contributed by atoms with Crippen molar-refractivity contribution < 1.29 is 0 Å². The Morgan fingerprint density at radius 1 is 0.818 bits per heavy atom. The van der Waals surface area contributed by atoms with Crippen LogP contribution >= 0.6 is 0 Å². The Morgan fingerprint density at radius 2 is 1.68 bits per heavy atom. The summed E-state index contributed by atoms with van der Waals surface area (Å²) < 4.78 is 0. The summed E-state index contributed by atoms with van der Waals surface area (Å²) in [4.78, 5) is 13.2. The van der Waals surface area contributed by atoms with Gasteiger partial charge in [0.2, 0.25) is 0 Å². The summed E-state index contributed by atoms with van der Waals surface area (Å²) in [6, 6.07) is 16.3. The van der Waals surface area contributed by atoms with Gasteiger partial charge in [0.15, 0.2) is 0 Å². The molecule has 0 spiro atoms. The second kappa shape index (κ2) is 7.46. The summed E-state index contributed by atoms with van der Waals surface area (Å²) >= 11 is 0. The Hall–Kier alpha value is -2.55. The lowest BCUT2D eigenvalue weighted by molar-refractivity contribution is 0.599. The van der Waals surface area contributed by atoms with Gasteiger partial charge < -0.3 is 0 Å². The zero-order chi connectivity index (χ0) is 15.0. The first-order chi connectivity index (χ1) is 10.9. The van der Waals surface area contributed by atoms with Crippen LogP contribution in [-0.2, 0) is 12.8 Å². The molecule has 0 aromatic carbocycles. The van der Waals surface area contributed by atoms with E-state index in [1.807, 2.05) is 49.1 Å². The number of pyridine rings is 3. The van der Waals surface area contributed by atoms with Crippen molar-refractivity contribution in [2.75, 3.05) is 0 Å². The Labute approximate surface area is 131 Å². The molecule has 0 bridgehead atoms. The average Bonchev–Trinajstić information content (AvgIpc) is 2.61. The molecular formula is C19H19N3. The van der Waals surface area contributed by atoms with E-state index in [-0.39, 0.29) is 0 Å². The molecule has 0 radical (unpaired) electrons. The Bertz CT molecular complexity index is 669. The Balaban J connectivity index is 1.74. The predicted octanol–water partition coefficient (Wildman–Crippen LogP) is 3.83. The molecule has 22 heavy (non-hydrogen) atoms. The van der Waals surface area contributed by atoms with E-state index in [4.69, 9.17) is 0 Å². The molecule has 0 saturated heterocycles. The van der Waals surface area contributed by atoms with Gasteiger partial charge >= 0.3 is 0 Å². The van der Waals surface area contributed by atoms with E-state index >= 15 is 0 Å². The Kier molecular flexibility index (Phi) is 4.88. The summed E-state index contributed by atoms with van der Waals surface area (Å²) in [5.74, 6) is 0.382. The van der Waals surface area contributed by atoms with Gasteiger partial charge in [-0.1, -0.05) is 18.2 Å². The van der Waals surface area contributed by atoms with Gasteiger partial charge in [-0.15, -0.1) is 0 Å². The van der Waals surface area contributed by atoms with Crippen LogP contribution in [0.25, 0.3) is 0 Å². The molecular weight excluding hydrogens is 270 g/mol. The van der Waals surface area contributed by atoms with Crippen molar-refractivity contribution >= 4 is 0 Å². The van der Waals surface area contributed by atoms with Gasteiger partial charge in [-0.3, -0.25) is 15.0 Å². The minimum Gasteiger partial charge on any atom is -0.264 e. The summed E-state index contributed by atoms with van der Waals surface area (Å²) in [7, 11) is 0. The summed E-state index contributed by atoms with van der Waals surface area (Å²) in [6.07, 6.45) is 10.4. The average molecular weight is 289 g/mol. The molecule has 0 aliphatic carbocycles. The SMILES string of the molecule is c1ccc(CCC(Cc2cccnc2)c2ccccn2)nc1. The fraction of sp³-hybridized carbons (Fsp3) is 0.211. The van der Waals surface area contributed by atoms with Gasteiger partial charge in [-0.2, -0.15) is 0 Å². The van der Waals surface area contributed by atoms with Crippen LogP contribution in [0.4, 0.5) is 0 Å². The molecule has 3 nitrogen and oxygen atoms in total. The number of hydrogen-bond donors (Lipinski definition) is 0. The minimum absolute atomic E-state index is 0.382. The highest BCUT2D eigenvalue weighted by molar-refractivity contribution is 5.17.